The molecule has 0 aliphatic carbocycles. The summed E-state index contributed by atoms with van der Waals surface area (Å²) < 4.78 is 48.7. The summed E-state index contributed by atoms with van der Waals surface area (Å²) in [5, 5.41) is 8.68. The van der Waals surface area contributed by atoms with Gasteiger partial charge in [0.1, 0.15) is 11.5 Å². The van der Waals surface area contributed by atoms with Crippen molar-refractivity contribution in [1.82, 2.24) is 0 Å². The Bertz CT molecular complexity index is 994. The molecule has 0 radical (unpaired) electrons. The number of carbonyl (C=O) groups is 1. The third-order valence-electron chi connectivity index (χ3n) is 4.05. The SMILES string of the molecule is Cc1cc(SCc2coc(-c3ccc(C(F)(F)F)cc3)c2)ccc1OCC(=O)O. The van der Waals surface area contributed by atoms with E-state index in [0.717, 1.165) is 28.2 Å². The van der Waals surface area contributed by atoms with Gasteiger partial charge < -0.3 is 14.3 Å². The standard InChI is InChI=1S/C21H17F3O4S/c1-13-8-17(6-7-18(13)28-11-20(25)26)29-12-14-9-19(27-10-14)15-2-4-16(5-3-15)21(22,23)24/h2-10H,11-12H2,1H3,(H,25,26). The summed E-state index contributed by atoms with van der Waals surface area (Å²) in [6.45, 7) is 1.44. The fourth-order valence-electron chi connectivity index (χ4n) is 2.61. The predicted molar refractivity (Wildman–Crippen MR) is 103 cm³/mol. The minimum atomic E-state index is -4.37. The highest BCUT2D eigenvalue weighted by Crippen LogP contribution is 2.33. The molecule has 29 heavy (non-hydrogen) atoms. The molecule has 1 heterocycles. The van der Waals surface area contributed by atoms with E-state index in [0.29, 0.717) is 22.8 Å². The third-order valence-corrected chi connectivity index (χ3v) is 5.12. The van der Waals surface area contributed by atoms with Gasteiger partial charge in [0.25, 0.3) is 0 Å². The number of halogens is 3. The van der Waals surface area contributed by atoms with Crippen molar-refractivity contribution >= 4 is 17.7 Å². The number of carboxylic acids is 1. The van der Waals surface area contributed by atoms with Crippen LogP contribution in [0.25, 0.3) is 11.3 Å². The van der Waals surface area contributed by atoms with Crippen molar-refractivity contribution in [3.05, 3.63) is 71.5 Å². The highest BCUT2D eigenvalue weighted by molar-refractivity contribution is 7.98. The molecule has 0 saturated heterocycles. The van der Waals surface area contributed by atoms with Gasteiger partial charge in [-0.1, -0.05) is 12.1 Å². The number of thioether (sulfide) groups is 1. The highest BCUT2D eigenvalue weighted by Gasteiger charge is 2.30. The second-order valence-electron chi connectivity index (χ2n) is 6.29. The van der Waals surface area contributed by atoms with Crippen LogP contribution in [0.1, 0.15) is 16.7 Å². The normalized spacial score (nSPS) is 11.4. The van der Waals surface area contributed by atoms with Gasteiger partial charge in [-0.05, 0) is 48.9 Å². The number of aliphatic carboxylic acids is 1. The molecule has 0 amide bonds. The van der Waals surface area contributed by atoms with Crippen molar-refractivity contribution in [2.24, 2.45) is 0 Å². The highest BCUT2D eigenvalue weighted by atomic mass is 32.2. The molecule has 1 aromatic heterocycles. The molecule has 0 unspecified atom stereocenters. The van der Waals surface area contributed by atoms with Crippen molar-refractivity contribution < 1.29 is 32.2 Å². The summed E-state index contributed by atoms with van der Waals surface area (Å²) in [7, 11) is 0. The van der Waals surface area contributed by atoms with E-state index in [1.807, 2.05) is 19.1 Å². The lowest BCUT2D eigenvalue weighted by atomic mass is 10.1. The Morgan fingerprint density at radius 3 is 2.48 bits per heavy atom. The number of carboxylic acid groups (broad SMARTS) is 1. The first-order valence-corrected chi connectivity index (χ1v) is 9.54. The van der Waals surface area contributed by atoms with Gasteiger partial charge in [0.15, 0.2) is 6.61 Å². The zero-order valence-corrected chi connectivity index (χ0v) is 16.1. The monoisotopic (exact) mass is 422 g/mol. The third kappa shape index (κ3) is 5.57. The lowest BCUT2D eigenvalue weighted by Gasteiger charge is -2.08. The Kier molecular flexibility index (Phi) is 6.22. The largest absolute Gasteiger partial charge is 0.482 e. The van der Waals surface area contributed by atoms with Gasteiger partial charge in [-0.25, -0.2) is 4.79 Å². The van der Waals surface area contributed by atoms with E-state index in [2.05, 4.69) is 0 Å². The molecular weight excluding hydrogens is 405 g/mol. The van der Waals surface area contributed by atoms with E-state index in [1.54, 1.807) is 30.2 Å². The van der Waals surface area contributed by atoms with Crippen LogP contribution >= 0.6 is 11.8 Å². The molecular formula is C21H17F3O4S. The van der Waals surface area contributed by atoms with Gasteiger partial charge in [-0.3, -0.25) is 0 Å². The van der Waals surface area contributed by atoms with Crippen LogP contribution in [0.2, 0.25) is 0 Å². The van der Waals surface area contributed by atoms with Gasteiger partial charge in [0.05, 0.1) is 11.8 Å². The molecule has 0 spiro atoms. The Labute approximate surface area is 169 Å². The summed E-state index contributed by atoms with van der Waals surface area (Å²) in [5.74, 6) is 0.595. The maximum Gasteiger partial charge on any atom is 0.416 e. The molecule has 8 heteroatoms. The number of rotatable bonds is 7. The summed E-state index contributed by atoms with van der Waals surface area (Å²) in [6, 6.07) is 12.1. The fraction of sp³-hybridized carbons (Fsp3) is 0.190. The number of aryl methyl sites for hydroxylation is 1. The molecule has 0 fully saturated rings. The van der Waals surface area contributed by atoms with Crippen LogP contribution in [0.5, 0.6) is 5.75 Å². The van der Waals surface area contributed by atoms with Crippen LogP contribution in [-0.2, 0) is 16.7 Å². The first-order valence-electron chi connectivity index (χ1n) is 8.55. The Hall–Kier alpha value is -2.87. The Morgan fingerprint density at radius 1 is 1.14 bits per heavy atom. The van der Waals surface area contributed by atoms with Gasteiger partial charge >= 0.3 is 12.1 Å². The van der Waals surface area contributed by atoms with Crippen molar-refractivity contribution in [3.63, 3.8) is 0 Å². The van der Waals surface area contributed by atoms with Crippen molar-refractivity contribution in [1.29, 1.82) is 0 Å². The quantitative estimate of drug-likeness (QED) is 0.471. The zero-order valence-electron chi connectivity index (χ0n) is 15.3. The molecule has 0 aliphatic heterocycles. The van der Waals surface area contributed by atoms with E-state index < -0.39 is 24.3 Å². The molecule has 0 aliphatic rings. The molecule has 2 aromatic carbocycles. The maximum atomic E-state index is 12.7. The van der Waals surface area contributed by atoms with Gasteiger partial charge in [0.2, 0.25) is 0 Å². The predicted octanol–water partition coefficient (Wildman–Crippen LogP) is 6.03. The molecule has 1 N–H and O–H groups in total. The number of ether oxygens (including phenoxy) is 1. The van der Waals surface area contributed by atoms with Crippen LogP contribution in [0.15, 0.2) is 64.1 Å². The van der Waals surface area contributed by atoms with Crippen LogP contribution in [-0.4, -0.2) is 17.7 Å². The summed E-state index contributed by atoms with van der Waals surface area (Å²) in [6.07, 6.45) is -2.78. The van der Waals surface area contributed by atoms with Crippen LogP contribution in [0.3, 0.4) is 0 Å². The van der Waals surface area contributed by atoms with E-state index >= 15 is 0 Å². The van der Waals surface area contributed by atoms with E-state index in [1.165, 1.54) is 12.1 Å². The van der Waals surface area contributed by atoms with Gasteiger partial charge in [0, 0.05) is 21.8 Å². The summed E-state index contributed by atoms with van der Waals surface area (Å²) in [5.41, 5.74) is 1.60. The van der Waals surface area contributed by atoms with E-state index in [-0.39, 0.29) is 0 Å². The fourth-order valence-corrected chi connectivity index (χ4v) is 3.51. The molecule has 152 valence electrons. The zero-order chi connectivity index (χ0) is 21.0. The molecule has 0 saturated carbocycles. The smallest absolute Gasteiger partial charge is 0.416 e. The molecule has 0 bridgehead atoms. The second-order valence-corrected chi connectivity index (χ2v) is 7.34. The minimum absolute atomic E-state index is 0.394. The average molecular weight is 422 g/mol. The maximum absolute atomic E-state index is 12.7. The number of hydrogen-bond donors (Lipinski definition) is 1. The topological polar surface area (TPSA) is 59.7 Å². The van der Waals surface area contributed by atoms with E-state index in [4.69, 9.17) is 14.3 Å². The first kappa shape index (κ1) is 20.9. The van der Waals surface area contributed by atoms with Crippen LogP contribution < -0.4 is 4.74 Å². The van der Waals surface area contributed by atoms with Crippen molar-refractivity contribution in [2.75, 3.05) is 6.61 Å². The molecule has 3 rings (SSSR count). The van der Waals surface area contributed by atoms with Crippen LogP contribution in [0.4, 0.5) is 13.2 Å². The number of benzene rings is 2. The van der Waals surface area contributed by atoms with Crippen molar-refractivity contribution in [3.8, 4) is 17.1 Å². The van der Waals surface area contributed by atoms with E-state index in [9.17, 15) is 18.0 Å². The number of hydrogen-bond acceptors (Lipinski definition) is 4. The van der Waals surface area contributed by atoms with Crippen molar-refractivity contribution in [2.45, 2.75) is 23.7 Å². The second kappa shape index (κ2) is 8.65. The summed E-state index contributed by atoms with van der Waals surface area (Å²) >= 11 is 1.55. The van der Waals surface area contributed by atoms with Gasteiger partial charge in [-0.15, -0.1) is 11.8 Å². The number of furan rings is 1. The lowest BCUT2D eigenvalue weighted by molar-refractivity contribution is -0.139. The molecule has 0 atom stereocenters. The number of alkyl halides is 3. The molecule has 3 aromatic rings. The first-order chi connectivity index (χ1) is 13.7. The molecule has 4 nitrogen and oxygen atoms in total. The Morgan fingerprint density at radius 2 is 1.86 bits per heavy atom. The minimum Gasteiger partial charge on any atom is -0.482 e. The van der Waals surface area contributed by atoms with Crippen LogP contribution in [0, 0.1) is 6.92 Å². The van der Waals surface area contributed by atoms with Gasteiger partial charge in [-0.2, -0.15) is 13.2 Å². The summed E-state index contributed by atoms with van der Waals surface area (Å²) in [4.78, 5) is 11.6. The lowest BCUT2D eigenvalue weighted by Crippen LogP contribution is -2.09. The average Bonchev–Trinajstić information content (AvgIpc) is 3.14. The Balaban J connectivity index is 1.62.